The van der Waals surface area contributed by atoms with Crippen molar-refractivity contribution in [3.05, 3.63) is 35.4 Å². The van der Waals surface area contributed by atoms with Gasteiger partial charge in [0.05, 0.1) is 19.3 Å². The smallest absolute Gasteiger partial charge is 0.275 e. The van der Waals surface area contributed by atoms with Crippen molar-refractivity contribution >= 4 is 0 Å². The van der Waals surface area contributed by atoms with Crippen molar-refractivity contribution in [2.75, 3.05) is 19.8 Å². The normalized spacial score (nSPS) is 21.3. The van der Waals surface area contributed by atoms with Gasteiger partial charge >= 0.3 is 0 Å². The highest BCUT2D eigenvalue weighted by molar-refractivity contribution is 5.29. The highest BCUT2D eigenvalue weighted by Crippen LogP contribution is 2.36. The molecule has 100 valence electrons. The predicted octanol–water partition coefficient (Wildman–Crippen LogP) is 3.10. The number of benzene rings is 1. The first-order valence-electron chi connectivity index (χ1n) is 6.31. The van der Waals surface area contributed by atoms with Crippen LogP contribution in [-0.4, -0.2) is 19.8 Å². The quantitative estimate of drug-likeness (QED) is 0.896. The molecule has 1 aromatic rings. The van der Waals surface area contributed by atoms with Crippen molar-refractivity contribution in [1.82, 2.24) is 5.32 Å². The molecule has 1 N–H and O–H groups in total. The molecule has 0 amide bonds. The minimum absolute atomic E-state index is 0.0154. The second-order valence-corrected chi connectivity index (χ2v) is 4.98. The van der Waals surface area contributed by atoms with Gasteiger partial charge in [-0.15, -0.1) is 0 Å². The topological polar surface area (TPSA) is 21.3 Å². The molecule has 0 radical (unpaired) electrons. The van der Waals surface area contributed by atoms with Crippen LogP contribution in [0.2, 0.25) is 0 Å². The van der Waals surface area contributed by atoms with Crippen LogP contribution in [0.1, 0.15) is 31.0 Å². The standard InChI is InChI=1S/C14H19F2NO/c1-10(2)14(15,16)12-5-3-4-11(8-12)13-9-18-7-6-17-13/h3-5,8,10,13,17H,6-7,9H2,1-2H3. The summed E-state index contributed by atoms with van der Waals surface area (Å²) in [4.78, 5) is 0. The Labute approximate surface area is 106 Å². The number of nitrogens with one attached hydrogen (secondary N) is 1. The molecule has 0 bridgehead atoms. The van der Waals surface area contributed by atoms with Gasteiger partial charge in [-0.05, 0) is 11.6 Å². The van der Waals surface area contributed by atoms with E-state index in [1.54, 1.807) is 12.1 Å². The summed E-state index contributed by atoms with van der Waals surface area (Å²) in [7, 11) is 0. The summed E-state index contributed by atoms with van der Waals surface area (Å²) in [6.07, 6.45) is 0. The van der Waals surface area contributed by atoms with Gasteiger partial charge in [-0.1, -0.05) is 32.0 Å². The van der Waals surface area contributed by atoms with Crippen molar-refractivity contribution in [1.29, 1.82) is 0 Å². The van der Waals surface area contributed by atoms with Crippen molar-refractivity contribution in [2.24, 2.45) is 5.92 Å². The zero-order chi connectivity index (χ0) is 13.2. The van der Waals surface area contributed by atoms with Gasteiger partial charge in [-0.25, -0.2) is 8.78 Å². The molecule has 1 aliphatic rings. The fraction of sp³-hybridized carbons (Fsp3) is 0.571. The summed E-state index contributed by atoms with van der Waals surface area (Å²) in [5.74, 6) is -3.49. The van der Waals surface area contributed by atoms with E-state index >= 15 is 0 Å². The van der Waals surface area contributed by atoms with Crippen LogP contribution < -0.4 is 5.32 Å². The maximum atomic E-state index is 14.0. The second-order valence-electron chi connectivity index (χ2n) is 4.98. The molecule has 0 spiro atoms. The van der Waals surface area contributed by atoms with Crippen LogP contribution in [0.4, 0.5) is 8.78 Å². The number of morpholine rings is 1. The third-order valence-electron chi connectivity index (χ3n) is 3.32. The molecule has 1 aromatic carbocycles. The first-order valence-corrected chi connectivity index (χ1v) is 6.31. The lowest BCUT2D eigenvalue weighted by molar-refractivity contribution is -0.0515. The minimum atomic E-state index is -2.79. The van der Waals surface area contributed by atoms with E-state index in [9.17, 15) is 8.78 Å². The zero-order valence-electron chi connectivity index (χ0n) is 10.7. The van der Waals surface area contributed by atoms with Gasteiger partial charge in [0.25, 0.3) is 5.92 Å². The van der Waals surface area contributed by atoms with E-state index in [0.29, 0.717) is 13.2 Å². The molecule has 1 aliphatic heterocycles. The monoisotopic (exact) mass is 255 g/mol. The Kier molecular flexibility index (Phi) is 3.97. The Hall–Kier alpha value is -1.00. The maximum Gasteiger partial charge on any atom is 0.275 e. The Balaban J connectivity index is 2.24. The summed E-state index contributed by atoms with van der Waals surface area (Å²) in [5, 5.41) is 3.27. The van der Waals surface area contributed by atoms with Gasteiger partial charge in [0.1, 0.15) is 0 Å². The highest BCUT2D eigenvalue weighted by atomic mass is 19.3. The van der Waals surface area contributed by atoms with Crippen molar-refractivity contribution < 1.29 is 13.5 Å². The molecule has 1 fully saturated rings. The number of halogens is 2. The Morgan fingerprint density at radius 3 is 2.78 bits per heavy atom. The second kappa shape index (κ2) is 5.33. The summed E-state index contributed by atoms with van der Waals surface area (Å²) >= 11 is 0. The fourth-order valence-electron chi connectivity index (χ4n) is 2.08. The largest absolute Gasteiger partial charge is 0.378 e. The number of hydrogen-bond donors (Lipinski definition) is 1. The van der Waals surface area contributed by atoms with E-state index in [4.69, 9.17) is 4.74 Å². The molecule has 0 aliphatic carbocycles. The molecule has 1 saturated heterocycles. The fourth-order valence-corrected chi connectivity index (χ4v) is 2.08. The number of hydrogen-bond acceptors (Lipinski definition) is 2. The van der Waals surface area contributed by atoms with E-state index < -0.39 is 11.8 Å². The van der Waals surface area contributed by atoms with Crippen molar-refractivity contribution in [3.8, 4) is 0 Å². The van der Waals surface area contributed by atoms with Gasteiger partial charge in [0.15, 0.2) is 0 Å². The molecular weight excluding hydrogens is 236 g/mol. The van der Waals surface area contributed by atoms with Crippen LogP contribution >= 0.6 is 0 Å². The van der Waals surface area contributed by atoms with Crippen LogP contribution in [0.15, 0.2) is 24.3 Å². The molecule has 2 nitrogen and oxygen atoms in total. The Morgan fingerprint density at radius 2 is 2.17 bits per heavy atom. The lowest BCUT2D eigenvalue weighted by Crippen LogP contribution is -2.34. The van der Waals surface area contributed by atoms with Crippen LogP contribution in [0, 0.1) is 5.92 Å². The van der Waals surface area contributed by atoms with Crippen LogP contribution in [-0.2, 0) is 10.7 Å². The summed E-state index contributed by atoms with van der Waals surface area (Å²) < 4.78 is 33.3. The summed E-state index contributed by atoms with van der Waals surface area (Å²) in [6, 6.07) is 6.66. The highest BCUT2D eigenvalue weighted by Gasteiger charge is 2.35. The summed E-state index contributed by atoms with van der Waals surface area (Å²) in [6.45, 7) is 5.05. The first-order chi connectivity index (χ1) is 8.51. The molecule has 1 atom stereocenters. The van der Waals surface area contributed by atoms with Crippen LogP contribution in [0.3, 0.4) is 0 Å². The lowest BCUT2D eigenvalue weighted by Gasteiger charge is -2.26. The number of rotatable bonds is 3. The van der Waals surface area contributed by atoms with Gasteiger partial charge < -0.3 is 10.1 Å². The van der Waals surface area contributed by atoms with Gasteiger partial charge in [-0.3, -0.25) is 0 Å². The molecule has 1 heterocycles. The number of alkyl halides is 2. The third-order valence-corrected chi connectivity index (χ3v) is 3.32. The molecule has 18 heavy (non-hydrogen) atoms. The van der Waals surface area contributed by atoms with Crippen molar-refractivity contribution in [2.45, 2.75) is 25.8 Å². The van der Waals surface area contributed by atoms with Crippen LogP contribution in [0.5, 0.6) is 0 Å². The Bertz CT molecular complexity index is 401. The first kappa shape index (κ1) is 13.4. The molecule has 0 aromatic heterocycles. The zero-order valence-corrected chi connectivity index (χ0v) is 10.7. The van der Waals surface area contributed by atoms with Gasteiger partial charge in [0.2, 0.25) is 0 Å². The SMILES string of the molecule is CC(C)C(F)(F)c1cccc(C2COCCN2)c1. The minimum Gasteiger partial charge on any atom is -0.378 e. The van der Waals surface area contributed by atoms with Crippen molar-refractivity contribution in [3.63, 3.8) is 0 Å². The molecule has 0 saturated carbocycles. The maximum absolute atomic E-state index is 14.0. The Morgan fingerprint density at radius 1 is 1.39 bits per heavy atom. The van der Waals surface area contributed by atoms with Crippen LogP contribution in [0.25, 0.3) is 0 Å². The third kappa shape index (κ3) is 2.70. The van der Waals surface area contributed by atoms with E-state index in [0.717, 1.165) is 12.1 Å². The number of ether oxygens (including phenoxy) is 1. The van der Waals surface area contributed by atoms with E-state index in [1.807, 2.05) is 6.07 Å². The average molecular weight is 255 g/mol. The average Bonchev–Trinajstić information content (AvgIpc) is 2.40. The van der Waals surface area contributed by atoms with Gasteiger partial charge in [0, 0.05) is 18.0 Å². The molecular formula is C14H19F2NO. The van der Waals surface area contributed by atoms with Gasteiger partial charge in [-0.2, -0.15) is 0 Å². The molecule has 2 rings (SSSR count). The molecule has 4 heteroatoms. The van der Waals surface area contributed by atoms with E-state index in [-0.39, 0.29) is 11.6 Å². The lowest BCUT2D eigenvalue weighted by atomic mass is 9.94. The summed E-state index contributed by atoms with van der Waals surface area (Å²) in [5.41, 5.74) is 0.954. The predicted molar refractivity (Wildman–Crippen MR) is 66.7 cm³/mol. The molecule has 1 unspecified atom stereocenters. The van der Waals surface area contributed by atoms with E-state index in [2.05, 4.69) is 5.32 Å². The van der Waals surface area contributed by atoms with E-state index in [1.165, 1.54) is 19.9 Å².